The fourth-order valence-corrected chi connectivity index (χ4v) is 5.07. The van der Waals surface area contributed by atoms with Crippen LogP contribution in [0, 0.1) is 0 Å². The molecule has 0 saturated carbocycles. The molecule has 2 aliphatic heterocycles. The number of rotatable bonds is 10. The lowest BCUT2D eigenvalue weighted by atomic mass is 10.1. The van der Waals surface area contributed by atoms with E-state index in [-0.39, 0.29) is 35.2 Å². The van der Waals surface area contributed by atoms with Gasteiger partial charge in [0.25, 0.3) is 11.8 Å². The van der Waals surface area contributed by atoms with Crippen molar-refractivity contribution in [3.8, 4) is 0 Å². The van der Waals surface area contributed by atoms with Crippen LogP contribution in [0.15, 0.2) is 48.5 Å². The lowest BCUT2D eigenvalue weighted by molar-refractivity contribution is -0.165. The number of alkyl halides is 2. The molecule has 2 saturated heterocycles. The second-order valence-electron chi connectivity index (χ2n) is 10.4. The number of amides is 4. The molecule has 2 unspecified atom stereocenters. The van der Waals surface area contributed by atoms with Gasteiger partial charge in [0.05, 0.1) is 30.3 Å². The Balaban J connectivity index is 1.38. The van der Waals surface area contributed by atoms with E-state index >= 15 is 0 Å². The van der Waals surface area contributed by atoms with Crippen molar-refractivity contribution in [1.29, 1.82) is 0 Å². The second-order valence-corrected chi connectivity index (χ2v) is 10.8. The molecule has 11 nitrogen and oxygen atoms in total. The Hall–Kier alpha value is -4.10. The molecule has 3 N–H and O–H groups in total. The maximum absolute atomic E-state index is 14.5. The number of anilines is 1. The fourth-order valence-electron chi connectivity index (χ4n) is 4.84. The van der Waals surface area contributed by atoms with Crippen molar-refractivity contribution in [2.45, 2.75) is 63.4 Å². The molecule has 2 aromatic rings. The van der Waals surface area contributed by atoms with Crippen LogP contribution in [0.25, 0.3) is 0 Å². The number of hydrogen-bond donors (Lipinski definition) is 3. The second kappa shape index (κ2) is 13.5. The normalized spacial score (nSPS) is 21.6. The average molecular weight is 621 g/mol. The van der Waals surface area contributed by atoms with Crippen LogP contribution in [0.1, 0.15) is 42.6 Å². The summed E-state index contributed by atoms with van der Waals surface area (Å²) in [6, 6.07) is 9.68. The number of ether oxygens (including phenoxy) is 2. The predicted molar refractivity (Wildman–Crippen MR) is 150 cm³/mol. The number of likely N-dealkylation sites (tertiary alicyclic amines) is 1. The molecular formula is C29H31ClF2N4O7. The Morgan fingerprint density at radius 2 is 1.88 bits per heavy atom. The third-order valence-electron chi connectivity index (χ3n) is 6.92. The summed E-state index contributed by atoms with van der Waals surface area (Å²) in [7, 11) is 0. The van der Waals surface area contributed by atoms with Gasteiger partial charge in [0.1, 0.15) is 18.1 Å². The molecule has 4 atom stereocenters. The third kappa shape index (κ3) is 8.26. The summed E-state index contributed by atoms with van der Waals surface area (Å²) in [5.41, 5.74) is 1.33. The highest BCUT2D eigenvalue weighted by atomic mass is 35.5. The van der Waals surface area contributed by atoms with Crippen LogP contribution >= 0.6 is 11.6 Å². The smallest absolute Gasteiger partial charge is 0.310 e. The summed E-state index contributed by atoms with van der Waals surface area (Å²) < 4.78 is 39.8. The minimum atomic E-state index is -3.36. The maximum Gasteiger partial charge on any atom is 0.310 e. The molecule has 14 heteroatoms. The molecule has 4 amide bonds. The van der Waals surface area contributed by atoms with Crippen LogP contribution in [0.5, 0.6) is 0 Å². The Kier molecular flexibility index (Phi) is 9.97. The zero-order valence-corrected chi connectivity index (χ0v) is 24.2. The van der Waals surface area contributed by atoms with Gasteiger partial charge in [-0.05, 0) is 37.1 Å². The molecule has 0 aromatic heterocycles. The highest BCUT2D eigenvalue weighted by Crippen LogP contribution is 2.33. The first-order valence-electron chi connectivity index (χ1n) is 13.5. The van der Waals surface area contributed by atoms with Crippen LogP contribution in [0.2, 0.25) is 5.02 Å². The van der Waals surface area contributed by atoms with Gasteiger partial charge < -0.3 is 30.3 Å². The van der Waals surface area contributed by atoms with Crippen LogP contribution in [-0.4, -0.2) is 78.0 Å². The maximum atomic E-state index is 14.5. The standard InChI is InChI=1S/C29H31ClF2N4O7/c1-16(33-25(39)19-8-9-21(20(30)12-19)34-17(2)37)27(41)36-15-29(31,32)14-23(36)26(40)35-22-13-24(38)43-28(22)42-11-10-18-6-4-3-5-7-18/h3-9,12,16,22-23,28H,10-11,13-15H2,1-2H3,(H,33,39)(H,34,37)(H,35,40)/t16-,22?,23-,28?/m0/s1. The number of carbonyl (C=O) groups excluding carboxylic acids is 5. The number of nitrogens with one attached hydrogen (secondary N) is 3. The molecule has 0 radical (unpaired) electrons. The average Bonchev–Trinajstić information content (AvgIpc) is 3.47. The molecule has 0 aliphatic carbocycles. The summed E-state index contributed by atoms with van der Waals surface area (Å²) in [5.74, 6) is -6.87. The number of benzene rings is 2. The van der Waals surface area contributed by atoms with E-state index in [1.54, 1.807) is 0 Å². The van der Waals surface area contributed by atoms with Gasteiger partial charge in [-0.1, -0.05) is 41.9 Å². The van der Waals surface area contributed by atoms with Crippen molar-refractivity contribution < 1.29 is 42.2 Å². The van der Waals surface area contributed by atoms with E-state index in [0.717, 1.165) is 10.5 Å². The first-order valence-corrected chi connectivity index (χ1v) is 13.9. The molecule has 2 aliphatic rings. The number of esters is 1. The highest BCUT2D eigenvalue weighted by Gasteiger charge is 2.51. The number of halogens is 3. The Bertz CT molecular complexity index is 1390. The summed E-state index contributed by atoms with van der Waals surface area (Å²) in [5, 5.41) is 7.54. The van der Waals surface area contributed by atoms with Gasteiger partial charge >= 0.3 is 5.97 Å². The molecule has 2 heterocycles. The van der Waals surface area contributed by atoms with Gasteiger partial charge in [-0.2, -0.15) is 0 Å². The summed E-state index contributed by atoms with van der Waals surface area (Å²) in [6.45, 7) is 1.75. The molecule has 0 spiro atoms. The van der Waals surface area contributed by atoms with Gasteiger partial charge in [-0.25, -0.2) is 8.78 Å². The van der Waals surface area contributed by atoms with E-state index in [1.165, 1.54) is 32.0 Å². The van der Waals surface area contributed by atoms with Gasteiger partial charge in [0.2, 0.25) is 24.0 Å². The van der Waals surface area contributed by atoms with E-state index in [0.29, 0.717) is 6.42 Å². The SMILES string of the molecule is CC(=O)Nc1ccc(C(=O)N[C@@H](C)C(=O)N2CC(F)(F)C[C@H]2C(=O)NC2CC(=O)OC2OCCc2ccccc2)cc1Cl. The Morgan fingerprint density at radius 1 is 1.16 bits per heavy atom. The third-order valence-corrected chi connectivity index (χ3v) is 7.23. The molecule has 2 fully saturated rings. The monoisotopic (exact) mass is 620 g/mol. The first-order chi connectivity index (χ1) is 20.3. The lowest BCUT2D eigenvalue weighted by Gasteiger charge is -2.28. The van der Waals surface area contributed by atoms with Crippen LogP contribution in [0.4, 0.5) is 14.5 Å². The highest BCUT2D eigenvalue weighted by molar-refractivity contribution is 6.34. The van der Waals surface area contributed by atoms with Crippen LogP contribution in [-0.2, 0) is 35.1 Å². The van der Waals surface area contributed by atoms with Gasteiger partial charge in [0, 0.05) is 18.9 Å². The van der Waals surface area contributed by atoms with E-state index in [4.69, 9.17) is 21.1 Å². The molecule has 43 heavy (non-hydrogen) atoms. The van der Waals surface area contributed by atoms with E-state index < -0.39 is 67.0 Å². The molecular weight excluding hydrogens is 590 g/mol. The fraction of sp³-hybridized carbons (Fsp3) is 0.414. The summed E-state index contributed by atoms with van der Waals surface area (Å²) >= 11 is 6.11. The lowest BCUT2D eigenvalue weighted by Crippen LogP contribution is -2.54. The van der Waals surface area contributed by atoms with E-state index in [1.807, 2.05) is 30.3 Å². The zero-order chi connectivity index (χ0) is 31.3. The van der Waals surface area contributed by atoms with Gasteiger partial charge in [0.15, 0.2) is 0 Å². The quantitative estimate of drug-likeness (QED) is 0.347. The minimum absolute atomic E-state index is 0.0593. The topological polar surface area (TPSA) is 143 Å². The molecule has 0 bridgehead atoms. The predicted octanol–water partition coefficient (Wildman–Crippen LogP) is 2.67. The molecule has 4 rings (SSSR count). The zero-order valence-electron chi connectivity index (χ0n) is 23.4. The Labute approximate surface area is 251 Å². The van der Waals surface area contributed by atoms with Crippen LogP contribution in [0.3, 0.4) is 0 Å². The molecule has 2 aromatic carbocycles. The summed E-state index contributed by atoms with van der Waals surface area (Å²) in [6.07, 6.45) is -1.77. The number of hydrogen-bond acceptors (Lipinski definition) is 7. The molecule has 230 valence electrons. The largest absolute Gasteiger partial charge is 0.433 e. The minimum Gasteiger partial charge on any atom is -0.433 e. The van der Waals surface area contributed by atoms with Crippen LogP contribution < -0.4 is 16.0 Å². The Morgan fingerprint density at radius 3 is 2.56 bits per heavy atom. The van der Waals surface area contributed by atoms with Crippen molar-refractivity contribution in [2.75, 3.05) is 18.5 Å². The van der Waals surface area contributed by atoms with Gasteiger partial charge in [-0.15, -0.1) is 0 Å². The number of cyclic esters (lactones) is 1. The first kappa shape index (κ1) is 31.8. The van der Waals surface area contributed by atoms with E-state index in [2.05, 4.69) is 16.0 Å². The van der Waals surface area contributed by atoms with Gasteiger partial charge in [-0.3, -0.25) is 24.0 Å². The van der Waals surface area contributed by atoms with Crippen molar-refractivity contribution in [2.24, 2.45) is 0 Å². The number of carbonyl (C=O) groups is 5. The number of nitrogens with zero attached hydrogens (tertiary/aromatic N) is 1. The summed E-state index contributed by atoms with van der Waals surface area (Å²) in [4.78, 5) is 63.1. The van der Waals surface area contributed by atoms with Crippen molar-refractivity contribution in [1.82, 2.24) is 15.5 Å². The van der Waals surface area contributed by atoms with Crippen molar-refractivity contribution in [3.63, 3.8) is 0 Å². The van der Waals surface area contributed by atoms with Crippen molar-refractivity contribution in [3.05, 3.63) is 64.7 Å². The van der Waals surface area contributed by atoms with E-state index in [9.17, 15) is 32.8 Å². The van der Waals surface area contributed by atoms with Crippen molar-refractivity contribution >= 4 is 46.9 Å².